The van der Waals surface area contributed by atoms with Gasteiger partial charge in [0.25, 0.3) is 5.91 Å². The number of carbonyl (C=O) groups is 2. The Hall–Kier alpha value is -4.78. The summed E-state index contributed by atoms with van der Waals surface area (Å²) in [7, 11) is 1.50. The third kappa shape index (κ3) is 3.93. The maximum Gasteiger partial charge on any atom is 0.267 e. The molecule has 4 rings (SSSR count). The fourth-order valence-corrected chi connectivity index (χ4v) is 4.26. The van der Waals surface area contributed by atoms with E-state index < -0.39 is 17.6 Å². The van der Waals surface area contributed by atoms with E-state index in [9.17, 15) is 14.0 Å². The van der Waals surface area contributed by atoms with Crippen molar-refractivity contribution in [3.63, 3.8) is 0 Å². The zero-order valence-electron chi connectivity index (χ0n) is 19.2. The number of rotatable bonds is 6. The third-order valence-electron chi connectivity index (χ3n) is 5.81. The molecule has 0 saturated carbocycles. The lowest BCUT2D eigenvalue weighted by Gasteiger charge is -2.15. The highest BCUT2D eigenvalue weighted by Crippen LogP contribution is 2.37. The minimum atomic E-state index is -0.930. The van der Waals surface area contributed by atoms with Crippen LogP contribution in [0.5, 0.6) is 5.75 Å². The highest BCUT2D eigenvalue weighted by molar-refractivity contribution is 6.15. The molecular formula is C25H21FN6O3. The Labute approximate surface area is 199 Å². The van der Waals surface area contributed by atoms with E-state index in [-0.39, 0.29) is 34.3 Å². The van der Waals surface area contributed by atoms with Crippen molar-refractivity contribution in [1.82, 2.24) is 14.8 Å². The number of nitrogens with two attached hydrogens (primary N) is 2. The standard InChI is InChI=1S/C25H21FN6O3/c1-12-19(13(2)32(31-12)11-15-8-7-14(10-27)9-18(15)35-3)21-22(24(28)33)20-16(26)5-4-6-17(20)30-23(21)25(29)34/h4-9H,11H2,1-3H3,(H2,28,33)(H2,29,34). The number of carbonyl (C=O) groups excluding carboxylic acids is 2. The first-order chi connectivity index (χ1) is 16.7. The smallest absolute Gasteiger partial charge is 0.267 e. The fraction of sp³-hybridized carbons (Fsp3) is 0.160. The Morgan fingerprint density at radius 1 is 1.14 bits per heavy atom. The van der Waals surface area contributed by atoms with Crippen molar-refractivity contribution in [2.75, 3.05) is 7.11 Å². The Bertz CT molecular complexity index is 1570. The normalized spacial score (nSPS) is 10.8. The number of amides is 2. The highest BCUT2D eigenvalue weighted by Gasteiger charge is 2.29. The molecule has 0 bridgehead atoms. The zero-order valence-corrected chi connectivity index (χ0v) is 19.2. The summed E-state index contributed by atoms with van der Waals surface area (Å²) in [6.45, 7) is 3.69. The van der Waals surface area contributed by atoms with Crippen LogP contribution >= 0.6 is 0 Å². The minimum absolute atomic E-state index is 0.0376. The second-order valence-electron chi connectivity index (χ2n) is 7.91. The van der Waals surface area contributed by atoms with Gasteiger partial charge in [0.05, 0.1) is 42.1 Å². The van der Waals surface area contributed by atoms with E-state index in [0.717, 1.165) is 5.56 Å². The Balaban J connectivity index is 1.99. The number of hydrogen-bond acceptors (Lipinski definition) is 6. The summed E-state index contributed by atoms with van der Waals surface area (Å²) >= 11 is 0. The van der Waals surface area contributed by atoms with Gasteiger partial charge in [-0.05, 0) is 38.1 Å². The molecule has 4 N–H and O–H groups in total. The Kier molecular flexibility index (Phi) is 5.93. The van der Waals surface area contributed by atoms with Gasteiger partial charge in [0, 0.05) is 27.8 Å². The van der Waals surface area contributed by atoms with Crippen LogP contribution < -0.4 is 16.2 Å². The molecule has 2 aromatic carbocycles. The van der Waals surface area contributed by atoms with E-state index in [1.165, 1.54) is 25.3 Å². The van der Waals surface area contributed by atoms with Crippen LogP contribution in [-0.4, -0.2) is 33.7 Å². The number of nitrogens with zero attached hydrogens (tertiary/aromatic N) is 4. The minimum Gasteiger partial charge on any atom is -0.496 e. The molecular weight excluding hydrogens is 451 g/mol. The number of fused-ring (bicyclic) bond motifs is 1. The molecule has 0 atom stereocenters. The number of primary amides is 2. The summed E-state index contributed by atoms with van der Waals surface area (Å²) < 4.78 is 21.9. The monoisotopic (exact) mass is 472 g/mol. The molecule has 176 valence electrons. The van der Waals surface area contributed by atoms with Gasteiger partial charge >= 0.3 is 0 Å². The van der Waals surface area contributed by atoms with E-state index in [1.807, 2.05) is 0 Å². The van der Waals surface area contributed by atoms with E-state index in [2.05, 4.69) is 16.2 Å². The van der Waals surface area contributed by atoms with Crippen LogP contribution in [0.4, 0.5) is 4.39 Å². The second kappa shape index (κ2) is 8.87. The maximum atomic E-state index is 14.9. The molecule has 2 aromatic heterocycles. The Morgan fingerprint density at radius 3 is 2.51 bits per heavy atom. The summed E-state index contributed by atoms with van der Waals surface area (Å²) in [5, 5.41) is 13.6. The van der Waals surface area contributed by atoms with E-state index in [4.69, 9.17) is 21.5 Å². The molecule has 0 fully saturated rings. The quantitative estimate of drug-likeness (QED) is 0.440. The van der Waals surface area contributed by atoms with E-state index in [0.29, 0.717) is 28.3 Å². The van der Waals surface area contributed by atoms with E-state index in [1.54, 1.807) is 36.7 Å². The average Bonchev–Trinajstić information content (AvgIpc) is 3.10. The molecule has 0 radical (unpaired) electrons. The topological polar surface area (TPSA) is 150 Å². The number of hydrogen-bond donors (Lipinski definition) is 2. The molecule has 0 spiro atoms. The predicted octanol–water partition coefficient (Wildman–Crippen LogP) is 2.98. The van der Waals surface area contributed by atoms with Gasteiger partial charge in [0.15, 0.2) is 0 Å². The molecule has 0 unspecified atom stereocenters. The number of benzene rings is 2. The Morgan fingerprint density at radius 2 is 1.89 bits per heavy atom. The lowest BCUT2D eigenvalue weighted by molar-refractivity contribution is 0.0996. The molecule has 10 heteroatoms. The molecule has 0 aliphatic heterocycles. The number of halogens is 1. The number of pyridine rings is 1. The maximum absolute atomic E-state index is 14.9. The lowest BCUT2D eigenvalue weighted by Crippen LogP contribution is -2.21. The summed E-state index contributed by atoms with van der Waals surface area (Å²) in [4.78, 5) is 29.3. The fourth-order valence-electron chi connectivity index (χ4n) is 4.26. The van der Waals surface area contributed by atoms with Crippen LogP contribution in [0.2, 0.25) is 0 Å². The molecule has 2 amide bonds. The summed E-state index contributed by atoms with van der Waals surface area (Å²) in [5.41, 5.74) is 13.7. The lowest BCUT2D eigenvalue weighted by atomic mass is 9.92. The van der Waals surface area contributed by atoms with Crippen LogP contribution in [0.15, 0.2) is 36.4 Å². The molecule has 4 aromatic rings. The van der Waals surface area contributed by atoms with Gasteiger partial charge in [-0.25, -0.2) is 9.37 Å². The van der Waals surface area contributed by atoms with Gasteiger partial charge in [-0.3, -0.25) is 14.3 Å². The van der Waals surface area contributed by atoms with Gasteiger partial charge in [0.2, 0.25) is 5.91 Å². The number of ether oxygens (including phenoxy) is 1. The first-order valence-electron chi connectivity index (χ1n) is 10.5. The van der Waals surface area contributed by atoms with Crippen molar-refractivity contribution in [2.45, 2.75) is 20.4 Å². The molecule has 2 heterocycles. The molecule has 0 saturated heterocycles. The zero-order chi connectivity index (χ0) is 25.4. The van der Waals surface area contributed by atoms with Crippen molar-refractivity contribution < 1.29 is 18.7 Å². The van der Waals surface area contributed by atoms with Crippen LogP contribution in [0.25, 0.3) is 22.0 Å². The van der Waals surface area contributed by atoms with Crippen molar-refractivity contribution >= 4 is 22.7 Å². The van der Waals surface area contributed by atoms with Gasteiger partial charge in [-0.1, -0.05) is 12.1 Å². The highest BCUT2D eigenvalue weighted by atomic mass is 19.1. The van der Waals surface area contributed by atoms with Gasteiger partial charge in [0.1, 0.15) is 17.3 Å². The van der Waals surface area contributed by atoms with Crippen LogP contribution in [0.1, 0.15) is 43.4 Å². The third-order valence-corrected chi connectivity index (χ3v) is 5.81. The summed E-state index contributed by atoms with van der Waals surface area (Å²) in [6, 6.07) is 11.2. The van der Waals surface area contributed by atoms with Gasteiger partial charge in [-0.15, -0.1) is 0 Å². The number of aryl methyl sites for hydroxylation is 1. The van der Waals surface area contributed by atoms with Crippen molar-refractivity contribution in [1.29, 1.82) is 5.26 Å². The number of aromatic nitrogens is 3. The van der Waals surface area contributed by atoms with Crippen LogP contribution in [0.3, 0.4) is 0 Å². The summed E-state index contributed by atoms with van der Waals surface area (Å²) in [5.74, 6) is -2.02. The molecule has 35 heavy (non-hydrogen) atoms. The summed E-state index contributed by atoms with van der Waals surface area (Å²) in [6.07, 6.45) is 0. The van der Waals surface area contributed by atoms with E-state index >= 15 is 0 Å². The van der Waals surface area contributed by atoms with Crippen LogP contribution in [-0.2, 0) is 6.54 Å². The first kappa shape index (κ1) is 23.4. The first-order valence-corrected chi connectivity index (χ1v) is 10.5. The average molecular weight is 472 g/mol. The van der Waals surface area contributed by atoms with Crippen molar-refractivity contribution in [2.24, 2.45) is 11.5 Å². The van der Waals surface area contributed by atoms with Crippen molar-refractivity contribution in [3.05, 3.63) is 76.0 Å². The van der Waals surface area contributed by atoms with Gasteiger partial charge in [-0.2, -0.15) is 10.4 Å². The predicted molar refractivity (Wildman–Crippen MR) is 126 cm³/mol. The number of methoxy groups -OCH3 is 1. The second-order valence-corrected chi connectivity index (χ2v) is 7.91. The van der Waals surface area contributed by atoms with Crippen molar-refractivity contribution in [3.8, 4) is 22.9 Å². The molecule has 0 aliphatic carbocycles. The molecule has 9 nitrogen and oxygen atoms in total. The molecule has 0 aliphatic rings. The van der Waals surface area contributed by atoms with Crippen LogP contribution in [0, 0.1) is 31.0 Å². The van der Waals surface area contributed by atoms with Gasteiger partial charge < -0.3 is 16.2 Å². The SMILES string of the molecule is COc1cc(C#N)ccc1Cn1nc(C)c(-c2c(C(N)=O)nc3cccc(F)c3c2C(N)=O)c1C. The largest absolute Gasteiger partial charge is 0.496 e. The number of nitriles is 1.